The summed E-state index contributed by atoms with van der Waals surface area (Å²) in [5.74, 6) is 0. The summed E-state index contributed by atoms with van der Waals surface area (Å²) in [5.41, 5.74) is 1.46. The van der Waals surface area contributed by atoms with Crippen molar-refractivity contribution in [3.8, 4) is 5.69 Å². The highest BCUT2D eigenvalue weighted by molar-refractivity contribution is 9.10. The summed E-state index contributed by atoms with van der Waals surface area (Å²) in [7, 11) is 0. The average molecular weight is 254 g/mol. The quantitative estimate of drug-likeness (QED) is 0.883. The van der Waals surface area contributed by atoms with E-state index in [1.807, 2.05) is 24.3 Å². The Balaban J connectivity index is 2.44. The summed E-state index contributed by atoms with van der Waals surface area (Å²) in [6.07, 6.45) is 1.69. The van der Waals surface area contributed by atoms with Crippen LogP contribution in [0, 0.1) is 0 Å². The summed E-state index contributed by atoms with van der Waals surface area (Å²) in [6, 6.07) is 7.69. The molecular weight excluding hydrogens is 246 g/mol. The maximum atomic E-state index is 8.84. The third-order valence-electron chi connectivity index (χ3n) is 1.80. The molecule has 1 heterocycles. The first-order chi connectivity index (χ1) is 6.81. The predicted octanol–water partition coefficient (Wildman–Crippen LogP) is 1.52. The minimum atomic E-state index is -0.0928. The zero-order valence-electron chi connectivity index (χ0n) is 7.26. The first-order valence-electron chi connectivity index (χ1n) is 4.08. The standard InChI is InChI=1S/C9H8BrN3O/c10-8-3-1-2-4-9(8)13-5-7(6-14)11-12-13/h1-5,14H,6H2. The topological polar surface area (TPSA) is 50.9 Å². The third-order valence-corrected chi connectivity index (χ3v) is 2.47. The fourth-order valence-electron chi connectivity index (χ4n) is 1.13. The van der Waals surface area contributed by atoms with E-state index in [9.17, 15) is 0 Å². The van der Waals surface area contributed by atoms with Crippen LogP contribution >= 0.6 is 15.9 Å². The molecule has 0 aliphatic carbocycles. The molecule has 4 nitrogen and oxygen atoms in total. The van der Waals surface area contributed by atoms with Crippen LogP contribution in [0.15, 0.2) is 34.9 Å². The molecule has 72 valence electrons. The normalized spacial score (nSPS) is 10.4. The number of aliphatic hydroxyl groups excluding tert-OH is 1. The van der Waals surface area contributed by atoms with Gasteiger partial charge in [0.1, 0.15) is 5.69 Å². The van der Waals surface area contributed by atoms with Crippen molar-refractivity contribution >= 4 is 15.9 Å². The molecule has 2 rings (SSSR count). The van der Waals surface area contributed by atoms with E-state index in [0.717, 1.165) is 10.2 Å². The van der Waals surface area contributed by atoms with Gasteiger partial charge < -0.3 is 5.11 Å². The summed E-state index contributed by atoms with van der Waals surface area (Å²) >= 11 is 3.41. The smallest absolute Gasteiger partial charge is 0.109 e. The molecule has 0 aliphatic heterocycles. The molecule has 14 heavy (non-hydrogen) atoms. The molecule has 0 saturated heterocycles. The van der Waals surface area contributed by atoms with Crippen LogP contribution in [0.4, 0.5) is 0 Å². The Morgan fingerprint density at radius 1 is 1.36 bits per heavy atom. The number of benzene rings is 1. The van der Waals surface area contributed by atoms with Crippen molar-refractivity contribution in [3.05, 3.63) is 40.6 Å². The molecule has 0 radical (unpaired) electrons. The maximum absolute atomic E-state index is 8.84. The Bertz CT molecular complexity index is 441. The van der Waals surface area contributed by atoms with Crippen LogP contribution in [0.25, 0.3) is 5.69 Å². The molecule has 1 aromatic carbocycles. The Morgan fingerprint density at radius 3 is 2.79 bits per heavy atom. The van der Waals surface area contributed by atoms with Gasteiger partial charge >= 0.3 is 0 Å². The number of aromatic nitrogens is 3. The number of para-hydroxylation sites is 1. The number of aliphatic hydroxyl groups is 1. The molecule has 0 spiro atoms. The van der Waals surface area contributed by atoms with E-state index in [4.69, 9.17) is 5.11 Å². The molecule has 2 aromatic rings. The van der Waals surface area contributed by atoms with Crippen molar-refractivity contribution < 1.29 is 5.11 Å². The van der Waals surface area contributed by atoms with Crippen LogP contribution in [-0.2, 0) is 6.61 Å². The number of hydrogen-bond acceptors (Lipinski definition) is 3. The van der Waals surface area contributed by atoms with Gasteiger partial charge in [0.25, 0.3) is 0 Å². The van der Waals surface area contributed by atoms with Gasteiger partial charge in [0.05, 0.1) is 18.5 Å². The van der Waals surface area contributed by atoms with Crippen LogP contribution < -0.4 is 0 Å². The molecule has 0 unspecified atom stereocenters. The molecule has 1 N–H and O–H groups in total. The average Bonchev–Trinajstić information content (AvgIpc) is 2.67. The first-order valence-corrected chi connectivity index (χ1v) is 4.87. The number of rotatable bonds is 2. The number of nitrogens with zero attached hydrogens (tertiary/aromatic N) is 3. The highest BCUT2D eigenvalue weighted by Gasteiger charge is 2.04. The highest BCUT2D eigenvalue weighted by atomic mass is 79.9. The Labute approximate surface area is 89.3 Å². The van der Waals surface area contributed by atoms with Crippen molar-refractivity contribution in [2.45, 2.75) is 6.61 Å². The molecule has 0 fully saturated rings. The summed E-state index contributed by atoms with van der Waals surface area (Å²) in [4.78, 5) is 0. The van der Waals surface area contributed by atoms with Crippen LogP contribution in [0.5, 0.6) is 0 Å². The lowest BCUT2D eigenvalue weighted by Gasteiger charge is -2.01. The van der Waals surface area contributed by atoms with E-state index >= 15 is 0 Å². The predicted molar refractivity (Wildman–Crippen MR) is 55.0 cm³/mol. The maximum Gasteiger partial charge on any atom is 0.109 e. The Morgan fingerprint density at radius 2 is 2.14 bits per heavy atom. The van der Waals surface area contributed by atoms with E-state index in [1.54, 1.807) is 10.9 Å². The van der Waals surface area contributed by atoms with Crippen molar-refractivity contribution in [1.82, 2.24) is 15.0 Å². The van der Waals surface area contributed by atoms with Gasteiger partial charge in [-0.25, -0.2) is 4.68 Å². The van der Waals surface area contributed by atoms with Gasteiger partial charge in [0, 0.05) is 4.47 Å². The molecule has 0 bridgehead atoms. The summed E-state index contributed by atoms with van der Waals surface area (Å²) in [5, 5.41) is 16.5. The van der Waals surface area contributed by atoms with E-state index < -0.39 is 0 Å². The minimum absolute atomic E-state index is 0.0928. The molecular formula is C9H8BrN3O. The molecule has 0 amide bonds. The van der Waals surface area contributed by atoms with Crippen LogP contribution in [-0.4, -0.2) is 20.1 Å². The van der Waals surface area contributed by atoms with Crippen molar-refractivity contribution in [2.75, 3.05) is 0 Å². The molecule has 1 aromatic heterocycles. The molecule has 0 aliphatic rings. The van der Waals surface area contributed by atoms with Gasteiger partial charge in [-0.1, -0.05) is 17.3 Å². The fourth-order valence-corrected chi connectivity index (χ4v) is 1.59. The number of halogens is 1. The first kappa shape index (κ1) is 9.36. The zero-order chi connectivity index (χ0) is 9.97. The van der Waals surface area contributed by atoms with Gasteiger partial charge in [-0.2, -0.15) is 0 Å². The molecule has 5 heteroatoms. The van der Waals surface area contributed by atoms with Crippen molar-refractivity contribution in [1.29, 1.82) is 0 Å². The van der Waals surface area contributed by atoms with Gasteiger partial charge in [-0.3, -0.25) is 0 Å². The lowest BCUT2D eigenvalue weighted by Crippen LogP contribution is -1.95. The van der Waals surface area contributed by atoms with E-state index in [-0.39, 0.29) is 6.61 Å². The fraction of sp³-hybridized carbons (Fsp3) is 0.111. The van der Waals surface area contributed by atoms with Gasteiger partial charge in [0.15, 0.2) is 0 Å². The largest absolute Gasteiger partial charge is 0.390 e. The highest BCUT2D eigenvalue weighted by Crippen LogP contribution is 2.19. The minimum Gasteiger partial charge on any atom is -0.390 e. The second-order valence-electron chi connectivity index (χ2n) is 2.76. The number of hydrogen-bond donors (Lipinski definition) is 1. The lowest BCUT2D eigenvalue weighted by molar-refractivity contribution is 0.276. The summed E-state index contributed by atoms with van der Waals surface area (Å²) < 4.78 is 2.56. The van der Waals surface area contributed by atoms with Crippen LogP contribution in [0.2, 0.25) is 0 Å². The second-order valence-corrected chi connectivity index (χ2v) is 3.62. The van der Waals surface area contributed by atoms with Crippen LogP contribution in [0.3, 0.4) is 0 Å². The van der Waals surface area contributed by atoms with Gasteiger partial charge in [-0.15, -0.1) is 5.10 Å². The zero-order valence-corrected chi connectivity index (χ0v) is 8.85. The Kier molecular flexibility index (Phi) is 2.60. The SMILES string of the molecule is OCc1cn(-c2ccccc2Br)nn1. The van der Waals surface area contributed by atoms with Gasteiger partial charge in [-0.05, 0) is 28.1 Å². The second kappa shape index (κ2) is 3.89. The van der Waals surface area contributed by atoms with Gasteiger partial charge in [0.2, 0.25) is 0 Å². The Hall–Kier alpha value is -1.20. The monoisotopic (exact) mass is 253 g/mol. The third kappa shape index (κ3) is 1.69. The van der Waals surface area contributed by atoms with Crippen molar-refractivity contribution in [3.63, 3.8) is 0 Å². The van der Waals surface area contributed by atoms with Crippen molar-refractivity contribution in [2.24, 2.45) is 0 Å². The van der Waals surface area contributed by atoms with E-state index in [2.05, 4.69) is 26.2 Å². The molecule has 0 saturated carbocycles. The van der Waals surface area contributed by atoms with Crippen LogP contribution in [0.1, 0.15) is 5.69 Å². The van der Waals surface area contributed by atoms with E-state index in [0.29, 0.717) is 5.69 Å². The lowest BCUT2D eigenvalue weighted by atomic mass is 10.3. The summed E-state index contributed by atoms with van der Waals surface area (Å²) in [6.45, 7) is -0.0928. The van der Waals surface area contributed by atoms with E-state index in [1.165, 1.54) is 0 Å². The molecule has 0 atom stereocenters.